The highest BCUT2D eigenvalue weighted by Crippen LogP contribution is 2.26. The number of nitrogens with one attached hydrogen (secondary N) is 1. The minimum Gasteiger partial charge on any atom is -0.492 e. The second-order valence-corrected chi connectivity index (χ2v) is 8.32. The monoisotopic (exact) mass is 434 g/mol. The maximum atomic E-state index is 13.0. The van der Waals surface area contributed by atoms with Gasteiger partial charge in [0.1, 0.15) is 24.0 Å². The topological polar surface area (TPSA) is 98.3 Å². The second kappa shape index (κ2) is 9.72. The fraction of sp³-hybridized carbons (Fsp3) is 0.375. The molecule has 1 aromatic carbocycles. The van der Waals surface area contributed by atoms with Gasteiger partial charge in [-0.15, -0.1) is 0 Å². The van der Waals surface area contributed by atoms with Gasteiger partial charge in [-0.2, -0.15) is 5.10 Å². The smallest absolute Gasteiger partial charge is 0.259 e. The predicted octanol–water partition coefficient (Wildman–Crippen LogP) is 3.74. The lowest BCUT2D eigenvalue weighted by Crippen LogP contribution is -2.35. The van der Waals surface area contributed by atoms with Gasteiger partial charge in [0.2, 0.25) is 0 Å². The van der Waals surface area contributed by atoms with E-state index >= 15 is 0 Å². The Hall–Kier alpha value is -3.55. The van der Waals surface area contributed by atoms with E-state index in [9.17, 15) is 4.79 Å². The molecule has 1 aliphatic heterocycles. The van der Waals surface area contributed by atoms with E-state index in [2.05, 4.69) is 27.2 Å². The number of ether oxygens (including phenoxy) is 1. The molecule has 1 fully saturated rings. The van der Waals surface area contributed by atoms with Gasteiger partial charge >= 0.3 is 0 Å². The van der Waals surface area contributed by atoms with Crippen molar-refractivity contribution in [1.82, 2.24) is 14.8 Å². The first-order valence-corrected chi connectivity index (χ1v) is 11.0. The lowest BCUT2D eigenvalue weighted by atomic mass is 9.99. The van der Waals surface area contributed by atoms with E-state index < -0.39 is 0 Å². The van der Waals surface area contributed by atoms with E-state index in [0.29, 0.717) is 36.1 Å². The summed E-state index contributed by atoms with van der Waals surface area (Å²) in [5, 5.41) is 7.11. The third kappa shape index (κ3) is 5.38. The van der Waals surface area contributed by atoms with Gasteiger partial charge in [-0.25, -0.2) is 4.98 Å². The summed E-state index contributed by atoms with van der Waals surface area (Å²) in [5.74, 6) is 2.55. The molecule has 0 saturated carbocycles. The van der Waals surface area contributed by atoms with Gasteiger partial charge in [0.15, 0.2) is 0 Å². The number of aryl methyl sites for hydroxylation is 1. The Bertz CT molecular complexity index is 1050. The molecule has 0 aliphatic carbocycles. The third-order valence-corrected chi connectivity index (χ3v) is 5.70. The van der Waals surface area contributed by atoms with Crippen molar-refractivity contribution >= 4 is 23.2 Å². The van der Waals surface area contributed by atoms with Gasteiger partial charge in [0.05, 0.1) is 12.1 Å². The van der Waals surface area contributed by atoms with Crippen molar-refractivity contribution in [2.24, 2.45) is 5.92 Å². The predicted molar refractivity (Wildman–Crippen MR) is 126 cm³/mol. The van der Waals surface area contributed by atoms with Crippen LogP contribution >= 0.6 is 0 Å². The Kier molecular flexibility index (Phi) is 6.58. The second-order valence-electron chi connectivity index (χ2n) is 8.32. The van der Waals surface area contributed by atoms with E-state index in [-0.39, 0.29) is 5.91 Å². The summed E-state index contributed by atoms with van der Waals surface area (Å²) in [6.45, 7) is 7.16. The zero-order valence-corrected chi connectivity index (χ0v) is 18.6. The summed E-state index contributed by atoms with van der Waals surface area (Å²) in [7, 11) is 0. The first-order chi connectivity index (χ1) is 15.5. The van der Waals surface area contributed by atoms with Crippen LogP contribution in [-0.4, -0.2) is 40.4 Å². The summed E-state index contributed by atoms with van der Waals surface area (Å²) >= 11 is 0. The normalized spacial score (nSPS) is 14.4. The fourth-order valence-corrected chi connectivity index (χ4v) is 3.77. The van der Waals surface area contributed by atoms with Crippen LogP contribution in [0.15, 0.2) is 48.7 Å². The number of carbonyl (C=O) groups is 1. The molecule has 1 amide bonds. The van der Waals surface area contributed by atoms with Crippen LogP contribution < -0.4 is 20.7 Å². The highest BCUT2D eigenvalue weighted by atomic mass is 16.5. The Morgan fingerprint density at radius 2 is 1.91 bits per heavy atom. The molecule has 3 aromatic rings. The molecular formula is C24H30N6O2. The van der Waals surface area contributed by atoms with Crippen LogP contribution in [0.1, 0.15) is 35.8 Å². The zero-order chi connectivity index (χ0) is 22.5. The molecule has 32 heavy (non-hydrogen) atoms. The fourth-order valence-electron chi connectivity index (χ4n) is 3.77. The number of carbonyl (C=O) groups excluding carboxylic acids is 1. The van der Waals surface area contributed by atoms with Crippen molar-refractivity contribution in [1.29, 1.82) is 0 Å². The molecule has 8 nitrogen and oxygen atoms in total. The highest BCUT2D eigenvalue weighted by molar-refractivity contribution is 6.07. The molecule has 0 spiro atoms. The number of piperidine rings is 1. The van der Waals surface area contributed by atoms with Crippen LogP contribution in [0.25, 0.3) is 0 Å². The number of nitrogens with two attached hydrogens (primary N) is 1. The van der Waals surface area contributed by atoms with Gasteiger partial charge in [-0.3, -0.25) is 9.48 Å². The lowest BCUT2D eigenvalue weighted by molar-refractivity contribution is 0.102. The molecule has 4 rings (SSSR count). The number of amides is 1. The largest absolute Gasteiger partial charge is 0.492 e. The van der Waals surface area contributed by atoms with E-state index in [0.717, 1.165) is 43.2 Å². The maximum Gasteiger partial charge on any atom is 0.259 e. The molecule has 8 heteroatoms. The molecule has 0 atom stereocenters. The lowest BCUT2D eigenvalue weighted by Gasteiger charge is -2.32. The summed E-state index contributed by atoms with van der Waals surface area (Å²) in [5.41, 5.74) is 7.83. The molecule has 0 bridgehead atoms. The quantitative estimate of drug-likeness (QED) is 0.588. The zero-order valence-electron chi connectivity index (χ0n) is 18.6. The van der Waals surface area contributed by atoms with Crippen molar-refractivity contribution in [2.45, 2.75) is 33.2 Å². The number of hydrogen-bond donors (Lipinski definition) is 2. The molecule has 1 saturated heterocycles. The minimum atomic E-state index is -0.156. The Labute approximate surface area is 188 Å². The van der Waals surface area contributed by atoms with Gasteiger partial charge in [0, 0.05) is 30.7 Å². The van der Waals surface area contributed by atoms with Crippen molar-refractivity contribution in [3.05, 3.63) is 59.9 Å². The molecule has 3 heterocycles. The molecule has 168 valence electrons. The summed E-state index contributed by atoms with van der Waals surface area (Å²) in [4.78, 5) is 20.0. The average Bonchev–Trinajstić information content (AvgIpc) is 3.20. The summed E-state index contributed by atoms with van der Waals surface area (Å²) in [6, 6.07) is 12.9. The van der Waals surface area contributed by atoms with E-state index in [1.54, 1.807) is 10.7 Å². The van der Waals surface area contributed by atoms with Crippen LogP contribution in [0.2, 0.25) is 0 Å². The van der Waals surface area contributed by atoms with E-state index in [1.165, 1.54) is 0 Å². The Morgan fingerprint density at radius 1 is 1.16 bits per heavy atom. The van der Waals surface area contributed by atoms with E-state index in [1.807, 2.05) is 49.5 Å². The van der Waals surface area contributed by atoms with Crippen LogP contribution in [0.4, 0.5) is 17.3 Å². The number of aromatic nitrogens is 3. The standard InChI is InChI=1S/C24H30N6O2/c1-17-9-12-29(13-10-17)23-21(8-3-18(2)26-23)24(31)27-19-4-6-20(7-5-19)32-16-15-30-14-11-22(25)28-30/h3-8,11,14,17H,9-10,12-13,15-16H2,1-2H3,(H2,25,28)(H,27,31). The van der Waals surface area contributed by atoms with Crippen molar-refractivity contribution < 1.29 is 9.53 Å². The first kappa shape index (κ1) is 21.7. The van der Waals surface area contributed by atoms with Crippen molar-refractivity contribution in [3.63, 3.8) is 0 Å². The Morgan fingerprint density at radius 3 is 2.59 bits per heavy atom. The van der Waals surface area contributed by atoms with Gasteiger partial charge in [-0.1, -0.05) is 6.92 Å². The SMILES string of the molecule is Cc1ccc(C(=O)Nc2ccc(OCCn3ccc(N)n3)cc2)c(N2CCC(C)CC2)n1. The highest BCUT2D eigenvalue weighted by Gasteiger charge is 2.22. The number of nitrogens with zero attached hydrogens (tertiary/aromatic N) is 4. The van der Waals surface area contributed by atoms with Crippen LogP contribution in [0, 0.1) is 12.8 Å². The number of rotatable bonds is 7. The summed E-state index contributed by atoms with van der Waals surface area (Å²) < 4.78 is 7.49. The number of pyridine rings is 1. The number of anilines is 3. The van der Waals surface area contributed by atoms with Crippen molar-refractivity contribution in [2.75, 3.05) is 35.6 Å². The minimum absolute atomic E-state index is 0.156. The average molecular weight is 435 g/mol. The van der Waals surface area contributed by atoms with Gasteiger partial charge in [-0.05, 0) is 68.1 Å². The van der Waals surface area contributed by atoms with Crippen LogP contribution in [0.3, 0.4) is 0 Å². The number of benzene rings is 1. The van der Waals surface area contributed by atoms with Gasteiger partial charge < -0.3 is 20.7 Å². The van der Waals surface area contributed by atoms with Crippen molar-refractivity contribution in [3.8, 4) is 5.75 Å². The number of hydrogen-bond acceptors (Lipinski definition) is 6. The molecule has 1 aliphatic rings. The number of nitrogen functional groups attached to an aromatic ring is 1. The Balaban J connectivity index is 1.37. The molecular weight excluding hydrogens is 404 g/mol. The van der Waals surface area contributed by atoms with Crippen LogP contribution in [-0.2, 0) is 6.54 Å². The van der Waals surface area contributed by atoms with Crippen LogP contribution in [0.5, 0.6) is 5.75 Å². The molecule has 3 N–H and O–H groups in total. The molecule has 0 radical (unpaired) electrons. The molecule has 0 unspecified atom stereocenters. The molecule has 2 aromatic heterocycles. The summed E-state index contributed by atoms with van der Waals surface area (Å²) in [6.07, 6.45) is 4.05. The third-order valence-electron chi connectivity index (χ3n) is 5.70. The maximum absolute atomic E-state index is 13.0. The van der Waals surface area contributed by atoms with Gasteiger partial charge in [0.25, 0.3) is 5.91 Å². The van der Waals surface area contributed by atoms with E-state index in [4.69, 9.17) is 10.5 Å². The first-order valence-electron chi connectivity index (χ1n) is 11.0.